The molecule has 41 heavy (non-hydrogen) atoms. The molecule has 0 bridgehead atoms. The third-order valence-corrected chi connectivity index (χ3v) is 15.5. The van der Waals surface area contributed by atoms with Gasteiger partial charge in [0, 0.05) is 11.3 Å². The lowest BCUT2D eigenvalue weighted by Crippen LogP contribution is -2.55. The van der Waals surface area contributed by atoms with E-state index in [4.69, 9.17) is 18.6 Å². The van der Waals surface area contributed by atoms with Crippen LogP contribution in [0.15, 0.2) is 95.9 Å². The van der Waals surface area contributed by atoms with E-state index in [2.05, 4.69) is 120 Å². The standard InChI is InChI=1S/C35H48O4SSi/c1-26(2)41(27(3)4,28(5)6)38-25-33-35(37-24-30-18-12-8-13-19-30)32(36-23-29-16-10-7-11-17-29)22-34(39-33)40-31-20-14-9-15-21-31/h7-21,26-28,32-35H,22-25H2,1-6H3/t32-,33-,34-,35+/m1/s1. The second kappa shape index (κ2) is 15.5. The third kappa shape index (κ3) is 8.56. The summed E-state index contributed by atoms with van der Waals surface area (Å²) in [7, 11) is -2.10. The van der Waals surface area contributed by atoms with Crippen molar-refractivity contribution < 1.29 is 18.6 Å². The summed E-state index contributed by atoms with van der Waals surface area (Å²) in [6, 6.07) is 31.3. The molecule has 0 spiro atoms. The molecule has 0 radical (unpaired) electrons. The molecule has 3 aromatic rings. The highest BCUT2D eigenvalue weighted by Gasteiger charge is 2.48. The largest absolute Gasteiger partial charge is 0.413 e. The number of hydrogen-bond acceptors (Lipinski definition) is 5. The molecule has 1 saturated heterocycles. The zero-order valence-electron chi connectivity index (χ0n) is 25.6. The van der Waals surface area contributed by atoms with Crippen LogP contribution in [0, 0.1) is 0 Å². The summed E-state index contributed by atoms with van der Waals surface area (Å²) in [5.41, 5.74) is 3.73. The Morgan fingerprint density at radius 3 is 1.71 bits per heavy atom. The van der Waals surface area contributed by atoms with Gasteiger partial charge in [-0.15, -0.1) is 0 Å². The lowest BCUT2D eigenvalue weighted by atomic mass is 10.0. The molecule has 0 unspecified atom stereocenters. The van der Waals surface area contributed by atoms with Crippen LogP contribution in [0.4, 0.5) is 0 Å². The molecule has 1 aliphatic rings. The molecule has 0 aliphatic carbocycles. The molecule has 0 saturated carbocycles. The highest BCUT2D eigenvalue weighted by atomic mass is 32.2. The van der Waals surface area contributed by atoms with Crippen LogP contribution in [-0.4, -0.2) is 38.7 Å². The molecule has 0 amide bonds. The third-order valence-electron chi connectivity index (χ3n) is 8.29. The van der Waals surface area contributed by atoms with Gasteiger partial charge in [0.1, 0.15) is 17.6 Å². The predicted molar refractivity (Wildman–Crippen MR) is 173 cm³/mol. The smallest absolute Gasteiger partial charge is 0.200 e. The van der Waals surface area contributed by atoms with Gasteiger partial charge in [-0.3, -0.25) is 0 Å². The summed E-state index contributed by atoms with van der Waals surface area (Å²) in [5.74, 6) is 0. The van der Waals surface area contributed by atoms with Crippen molar-refractivity contribution in [3.05, 3.63) is 102 Å². The van der Waals surface area contributed by atoms with Gasteiger partial charge in [-0.2, -0.15) is 0 Å². The highest BCUT2D eigenvalue weighted by Crippen LogP contribution is 2.43. The molecule has 6 heteroatoms. The zero-order valence-corrected chi connectivity index (χ0v) is 27.4. The molecule has 4 nitrogen and oxygen atoms in total. The molecule has 0 aromatic heterocycles. The Labute approximate surface area is 253 Å². The van der Waals surface area contributed by atoms with Crippen LogP contribution < -0.4 is 0 Å². The number of benzene rings is 3. The summed E-state index contributed by atoms with van der Waals surface area (Å²) in [4.78, 5) is 1.19. The van der Waals surface area contributed by atoms with Crippen molar-refractivity contribution >= 4 is 20.1 Å². The minimum atomic E-state index is -2.10. The molecule has 1 aliphatic heterocycles. The Kier molecular flexibility index (Phi) is 12.1. The summed E-state index contributed by atoms with van der Waals surface area (Å²) in [5, 5.41) is 0. The Hall–Kier alpha value is -1.93. The zero-order chi connectivity index (χ0) is 29.2. The van der Waals surface area contributed by atoms with Crippen molar-refractivity contribution in [2.24, 2.45) is 0 Å². The van der Waals surface area contributed by atoms with Gasteiger partial charge in [0.25, 0.3) is 0 Å². The van der Waals surface area contributed by atoms with Crippen LogP contribution in [0.25, 0.3) is 0 Å². The minimum Gasteiger partial charge on any atom is -0.413 e. The van der Waals surface area contributed by atoms with Crippen LogP contribution in [0.2, 0.25) is 16.6 Å². The second-order valence-corrected chi connectivity index (χ2v) is 18.7. The van der Waals surface area contributed by atoms with Crippen molar-refractivity contribution in [2.75, 3.05) is 6.61 Å². The van der Waals surface area contributed by atoms with Crippen molar-refractivity contribution in [1.29, 1.82) is 0 Å². The maximum atomic E-state index is 7.11. The fourth-order valence-electron chi connectivity index (χ4n) is 6.40. The van der Waals surface area contributed by atoms with Gasteiger partial charge in [-0.25, -0.2) is 0 Å². The van der Waals surface area contributed by atoms with E-state index in [0.717, 1.165) is 17.5 Å². The van der Waals surface area contributed by atoms with Gasteiger partial charge in [0.2, 0.25) is 0 Å². The summed E-state index contributed by atoms with van der Waals surface area (Å²) >= 11 is 1.76. The van der Waals surface area contributed by atoms with E-state index in [-0.39, 0.29) is 23.7 Å². The van der Waals surface area contributed by atoms with E-state index in [9.17, 15) is 0 Å². The second-order valence-electron chi connectivity index (χ2n) is 12.0. The minimum absolute atomic E-state index is 0.0587. The average molecular weight is 593 g/mol. The van der Waals surface area contributed by atoms with Gasteiger partial charge in [0.15, 0.2) is 8.32 Å². The molecular formula is C35H48O4SSi. The molecule has 222 valence electrons. The Morgan fingerprint density at radius 2 is 1.20 bits per heavy atom. The molecular weight excluding hydrogens is 545 g/mol. The molecule has 1 heterocycles. The summed E-state index contributed by atoms with van der Waals surface area (Å²) in [6.45, 7) is 15.5. The molecule has 1 fully saturated rings. The van der Waals surface area contributed by atoms with Gasteiger partial charge in [-0.1, -0.05) is 132 Å². The number of thioether (sulfide) groups is 1. The van der Waals surface area contributed by atoms with Gasteiger partial charge < -0.3 is 18.6 Å². The van der Waals surface area contributed by atoms with Gasteiger partial charge >= 0.3 is 0 Å². The van der Waals surface area contributed by atoms with Gasteiger partial charge in [-0.05, 0) is 39.9 Å². The van der Waals surface area contributed by atoms with E-state index in [1.54, 1.807) is 11.8 Å². The van der Waals surface area contributed by atoms with E-state index >= 15 is 0 Å². The maximum Gasteiger partial charge on any atom is 0.200 e. The van der Waals surface area contributed by atoms with Crippen LogP contribution >= 0.6 is 11.8 Å². The molecule has 4 rings (SSSR count). The predicted octanol–water partition coefficient (Wildman–Crippen LogP) is 9.26. The number of hydrogen-bond donors (Lipinski definition) is 0. The van der Waals surface area contributed by atoms with Crippen molar-refractivity contribution in [2.45, 2.75) is 106 Å². The Bertz CT molecular complexity index is 1120. The fraction of sp³-hybridized carbons (Fsp3) is 0.486. The first-order valence-corrected chi connectivity index (χ1v) is 18.1. The summed E-state index contributed by atoms with van der Waals surface area (Å²) in [6.07, 6.45) is 0.127. The first-order chi connectivity index (χ1) is 19.8. The normalized spacial score (nSPS) is 21.6. The van der Waals surface area contributed by atoms with Crippen molar-refractivity contribution in [3.8, 4) is 0 Å². The average Bonchev–Trinajstić information content (AvgIpc) is 2.97. The van der Waals surface area contributed by atoms with Crippen molar-refractivity contribution in [3.63, 3.8) is 0 Å². The Balaban J connectivity index is 1.61. The fourth-order valence-corrected chi connectivity index (χ4v) is 13.0. The number of rotatable bonds is 14. The number of ether oxygens (including phenoxy) is 3. The van der Waals surface area contributed by atoms with Crippen LogP contribution in [0.3, 0.4) is 0 Å². The van der Waals surface area contributed by atoms with Crippen LogP contribution in [0.5, 0.6) is 0 Å². The maximum absolute atomic E-state index is 7.11. The van der Waals surface area contributed by atoms with Gasteiger partial charge in [0.05, 0.1) is 25.9 Å². The molecule has 0 N–H and O–H groups in total. The SMILES string of the molecule is CC(C)[Si](OC[C@H]1O[C@H](Sc2ccccc2)C[C@@H](OCc2ccccc2)[C@@H]1OCc1ccccc1)(C(C)C)C(C)C. The van der Waals surface area contributed by atoms with Crippen LogP contribution in [0.1, 0.15) is 59.1 Å². The first-order valence-electron chi connectivity index (χ1n) is 15.1. The highest BCUT2D eigenvalue weighted by molar-refractivity contribution is 7.99. The van der Waals surface area contributed by atoms with Crippen molar-refractivity contribution in [1.82, 2.24) is 0 Å². The van der Waals surface area contributed by atoms with E-state index in [0.29, 0.717) is 36.4 Å². The molecule has 4 atom stereocenters. The Morgan fingerprint density at radius 1 is 0.707 bits per heavy atom. The summed E-state index contributed by atoms with van der Waals surface area (Å²) < 4.78 is 27.4. The molecule has 3 aromatic carbocycles. The van der Waals surface area contributed by atoms with E-state index < -0.39 is 8.32 Å². The first kappa shape index (κ1) is 32.0. The monoisotopic (exact) mass is 592 g/mol. The lowest BCUT2D eigenvalue weighted by Gasteiger charge is -2.46. The topological polar surface area (TPSA) is 36.9 Å². The quantitative estimate of drug-likeness (QED) is 0.174. The lowest BCUT2D eigenvalue weighted by molar-refractivity contribution is -0.198. The van der Waals surface area contributed by atoms with E-state index in [1.165, 1.54) is 4.90 Å². The van der Waals surface area contributed by atoms with Crippen LogP contribution in [-0.2, 0) is 31.9 Å². The van der Waals surface area contributed by atoms with E-state index in [1.807, 2.05) is 12.1 Å².